The Morgan fingerprint density at radius 2 is 2.19 bits per heavy atom. The van der Waals surface area contributed by atoms with E-state index in [-0.39, 0.29) is 5.91 Å². The highest BCUT2D eigenvalue weighted by Gasteiger charge is 2.20. The van der Waals surface area contributed by atoms with E-state index in [1.165, 1.54) is 0 Å². The predicted molar refractivity (Wildman–Crippen MR) is 85.3 cm³/mol. The van der Waals surface area contributed by atoms with Crippen molar-refractivity contribution in [1.82, 2.24) is 10.2 Å². The van der Waals surface area contributed by atoms with Crippen molar-refractivity contribution < 1.29 is 14.3 Å². The maximum absolute atomic E-state index is 12.6. The molecule has 1 aromatic rings. The van der Waals surface area contributed by atoms with E-state index in [1.54, 1.807) is 19.2 Å². The minimum Gasteiger partial charge on any atom is -0.493 e. The van der Waals surface area contributed by atoms with Crippen LogP contribution in [0.15, 0.2) is 16.6 Å². The van der Waals surface area contributed by atoms with Gasteiger partial charge in [-0.2, -0.15) is 0 Å². The van der Waals surface area contributed by atoms with E-state index in [9.17, 15) is 4.79 Å². The van der Waals surface area contributed by atoms with E-state index in [1.807, 2.05) is 11.8 Å². The number of amides is 1. The van der Waals surface area contributed by atoms with Crippen molar-refractivity contribution >= 4 is 21.8 Å². The highest BCUT2D eigenvalue weighted by atomic mass is 79.9. The van der Waals surface area contributed by atoms with Crippen molar-refractivity contribution in [3.05, 3.63) is 22.2 Å². The average molecular weight is 357 g/mol. The molecule has 1 fully saturated rings. The average Bonchev–Trinajstić information content (AvgIpc) is 2.77. The molecule has 0 bridgehead atoms. The Morgan fingerprint density at radius 1 is 1.38 bits per heavy atom. The van der Waals surface area contributed by atoms with Crippen LogP contribution in [-0.2, 0) is 0 Å². The Labute approximate surface area is 133 Å². The number of nitrogens with zero attached hydrogens (tertiary/aromatic N) is 1. The van der Waals surface area contributed by atoms with Gasteiger partial charge in [-0.05, 0) is 48.0 Å². The number of hydrogen-bond acceptors (Lipinski definition) is 4. The summed E-state index contributed by atoms with van der Waals surface area (Å²) >= 11 is 3.46. The molecule has 1 heterocycles. The van der Waals surface area contributed by atoms with E-state index in [4.69, 9.17) is 9.47 Å². The second-order valence-corrected chi connectivity index (χ2v) is 5.67. The molecule has 1 saturated heterocycles. The van der Waals surface area contributed by atoms with Crippen LogP contribution in [0.2, 0.25) is 0 Å². The maximum atomic E-state index is 12.6. The zero-order chi connectivity index (χ0) is 15.2. The molecule has 0 atom stereocenters. The van der Waals surface area contributed by atoms with Crippen molar-refractivity contribution in [3.8, 4) is 11.5 Å². The lowest BCUT2D eigenvalue weighted by molar-refractivity contribution is 0.0766. The van der Waals surface area contributed by atoms with Crippen molar-refractivity contribution in [2.24, 2.45) is 0 Å². The molecule has 6 heteroatoms. The molecule has 0 aromatic heterocycles. The molecule has 0 spiro atoms. The number of methoxy groups -OCH3 is 1. The molecule has 116 valence electrons. The van der Waals surface area contributed by atoms with Crippen molar-refractivity contribution in [2.45, 2.75) is 13.3 Å². The normalized spacial score (nSPS) is 15.5. The second-order valence-electron chi connectivity index (χ2n) is 4.82. The summed E-state index contributed by atoms with van der Waals surface area (Å²) in [5.74, 6) is 1.23. The number of nitrogens with one attached hydrogen (secondary N) is 1. The molecular formula is C15H21BrN2O3. The first kappa shape index (κ1) is 16.1. The Bertz CT molecular complexity index is 500. The highest BCUT2D eigenvalue weighted by Crippen LogP contribution is 2.37. The Balaban J connectivity index is 2.26. The minimum absolute atomic E-state index is 0.0285. The summed E-state index contributed by atoms with van der Waals surface area (Å²) in [5, 5.41) is 3.30. The number of carbonyl (C=O) groups is 1. The molecule has 2 rings (SSSR count). The van der Waals surface area contributed by atoms with Gasteiger partial charge in [0.25, 0.3) is 5.91 Å². The molecule has 0 saturated carbocycles. The number of hydrogen-bond donors (Lipinski definition) is 1. The molecule has 1 aromatic carbocycles. The van der Waals surface area contributed by atoms with Gasteiger partial charge in [0.2, 0.25) is 0 Å². The number of rotatable bonds is 4. The highest BCUT2D eigenvalue weighted by molar-refractivity contribution is 9.10. The molecule has 1 aliphatic rings. The topological polar surface area (TPSA) is 50.8 Å². The largest absolute Gasteiger partial charge is 0.493 e. The number of ether oxygens (including phenoxy) is 2. The standard InChI is InChI=1S/C15H21BrN2O3/c1-3-21-14-12(16)9-11(10-13(14)20-2)15(19)18-7-4-5-17-6-8-18/h9-10,17H,3-8H2,1-2H3. The molecular weight excluding hydrogens is 336 g/mol. The molecule has 1 aliphatic heterocycles. The van der Waals surface area contributed by atoms with Crippen LogP contribution in [0, 0.1) is 0 Å². The first-order chi connectivity index (χ1) is 10.2. The van der Waals surface area contributed by atoms with Crippen LogP contribution in [0.1, 0.15) is 23.7 Å². The molecule has 5 nitrogen and oxygen atoms in total. The fraction of sp³-hybridized carbons (Fsp3) is 0.533. The first-order valence-corrected chi connectivity index (χ1v) is 7.97. The van der Waals surface area contributed by atoms with E-state index >= 15 is 0 Å². The summed E-state index contributed by atoms with van der Waals surface area (Å²) < 4.78 is 11.6. The van der Waals surface area contributed by atoms with Crippen molar-refractivity contribution in [3.63, 3.8) is 0 Å². The molecule has 0 radical (unpaired) electrons. The summed E-state index contributed by atoms with van der Waals surface area (Å²) in [6.07, 6.45) is 0.973. The van der Waals surface area contributed by atoms with Crippen LogP contribution < -0.4 is 14.8 Å². The van der Waals surface area contributed by atoms with Gasteiger partial charge >= 0.3 is 0 Å². The second kappa shape index (κ2) is 7.66. The Kier molecular flexibility index (Phi) is 5.87. The number of carbonyl (C=O) groups excluding carboxylic acids is 1. The van der Waals surface area contributed by atoms with Gasteiger partial charge in [-0.25, -0.2) is 0 Å². The lowest BCUT2D eigenvalue weighted by Crippen LogP contribution is -2.34. The summed E-state index contributed by atoms with van der Waals surface area (Å²) in [6.45, 7) is 5.75. The molecule has 0 unspecified atom stereocenters. The van der Waals surface area contributed by atoms with Crippen LogP contribution in [0.5, 0.6) is 11.5 Å². The van der Waals surface area contributed by atoms with Crippen molar-refractivity contribution in [2.75, 3.05) is 39.9 Å². The third kappa shape index (κ3) is 3.89. The molecule has 1 N–H and O–H groups in total. The van der Waals surface area contributed by atoms with Crippen molar-refractivity contribution in [1.29, 1.82) is 0 Å². The predicted octanol–water partition coefficient (Wildman–Crippen LogP) is 2.29. The summed E-state index contributed by atoms with van der Waals surface area (Å²) in [6, 6.07) is 3.55. The summed E-state index contributed by atoms with van der Waals surface area (Å²) in [4.78, 5) is 14.5. The number of benzene rings is 1. The summed E-state index contributed by atoms with van der Waals surface area (Å²) in [5.41, 5.74) is 0.615. The van der Waals surface area contributed by atoms with E-state index in [2.05, 4.69) is 21.2 Å². The smallest absolute Gasteiger partial charge is 0.254 e. The quantitative estimate of drug-likeness (QED) is 0.899. The maximum Gasteiger partial charge on any atom is 0.254 e. The van der Waals surface area contributed by atoms with Crippen LogP contribution in [0.25, 0.3) is 0 Å². The van der Waals surface area contributed by atoms with Crippen LogP contribution >= 0.6 is 15.9 Å². The SMILES string of the molecule is CCOc1c(Br)cc(C(=O)N2CCCNCC2)cc1OC. The van der Waals surface area contributed by atoms with E-state index in [0.29, 0.717) is 23.7 Å². The minimum atomic E-state index is 0.0285. The Morgan fingerprint density at radius 3 is 2.90 bits per heavy atom. The third-order valence-corrected chi connectivity index (χ3v) is 3.98. The zero-order valence-electron chi connectivity index (χ0n) is 12.4. The fourth-order valence-corrected chi connectivity index (χ4v) is 2.92. The van der Waals surface area contributed by atoms with Gasteiger partial charge in [0.15, 0.2) is 11.5 Å². The van der Waals surface area contributed by atoms with Gasteiger partial charge in [0.05, 0.1) is 18.2 Å². The molecule has 0 aliphatic carbocycles. The van der Waals surface area contributed by atoms with E-state index in [0.717, 1.165) is 37.1 Å². The molecule has 1 amide bonds. The van der Waals surface area contributed by atoms with Gasteiger partial charge in [-0.15, -0.1) is 0 Å². The van der Waals surface area contributed by atoms with Gasteiger partial charge in [0.1, 0.15) is 0 Å². The lowest BCUT2D eigenvalue weighted by atomic mass is 10.1. The van der Waals surface area contributed by atoms with Gasteiger partial charge in [-0.3, -0.25) is 4.79 Å². The van der Waals surface area contributed by atoms with Crippen LogP contribution in [-0.4, -0.2) is 50.7 Å². The number of halogens is 1. The van der Waals surface area contributed by atoms with Crippen LogP contribution in [0.4, 0.5) is 0 Å². The Hall–Kier alpha value is -1.27. The van der Waals surface area contributed by atoms with E-state index < -0.39 is 0 Å². The van der Waals surface area contributed by atoms with Gasteiger partial charge in [0, 0.05) is 25.2 Å². The summed E-state index contributed by atoms with van der Waals surface area (Å²) in [7, 11) is 1.58. The first-order valence-electron chi connectivity index (χ1n) is 7.17. The van der Waals surface area contributed by atoms with Crippen LogP contribution in [0.3, 0.4) is 0 Å². The molecule has 21 heavy (non-hydrogen) atoms. The fourth-order valence-electron chi connectivity index (χ4n) is 2.36. The monoisotopic (exact) mass is 356 g/mol. The third-order valence-electron chi connectivity index (χ3n) is 3.39. The zero-order valence-corrected chi connectivity index (χ0v) is 14.0. The lowest BCUT2D eigenvalue weighted by Gasteiger charge is -2.21. The van der Waals surface area contributed by atoms with Gasteiger partial charge < -0.3 is 19.7 Å². The van der Waals surface area contributed by atoms with Gasteiger partial charge in [-0.1, -0.05) is 0 Å².